The summed E-state index contributed by atoms with van der Waals surface area (Å²) in [5.74, 6) is 0. The molecule has 12 rings (SSSR count). The van der Waals surface area contributed by atoms with Crippen molar-refractivity contribution in [2.75, 3.05) is 0 Å². The third kappa shape index (κ3) is 4.74. The minimum Gasteiger partial charge on any atom is -0.248 e. The molecular formula is C53H31N3. The Kier molecular flexibility index (Phi) is 6.63. The van der Waals surface area contributed by atoms with Gasteiger partial charge in [-0.25, -0.2) is 15.0 Å². The molecule has 0 N–H and O–H groups in total. The van der Waals surface area contributed by atoms with Crippen LogP contribution >= 0.6 is 0 Å². The summed E-state index contributed by atoms with van der Waals surface area (Å²) in [6.45, 7) is 0. The smallest absolute Gasteiger partial charge is 0.0972 e. The molecule has 0 aliphatic rings. The van der Waals surface area contributed by atoms with E-state index in [1.807, 2.05) is 0 Å². The molecule has 0 amide bonds. The summed E-state index contributed by atoms with van der Waals surface area (Å²) < 4.78 is 0. The second-order valence-corrected chi connectivity index (χ2v) is 14.8. The van der Waals surface area contributed by atoms with Crippen LogP contribution in [0.15, 0.2) is 188 Å². The van der Waals surface area contributed by atoms with Crippen molar-refractivity contribution in [2.24, 2.45) is 0 Å². The standard InChI is InChI=1S/C53H31N3/c1-3-13-47-43(11-1)50(44-12-2-4-14-48(44)54-47)35-17-15-32(16-18-35)45-29-25-37-21-22-38-26-30-46(56-53(38)52(37)55-45)40-10-6-9-39(31-40)41-27-23-36-20-19-33-7-5-8-34-24-28-42(41)51(36)49(33)34/h1-31H. The van der Waals surface area contributed by atoms with Crippen molar-refractivity contribution in [2.45, 2.75) is 0 Å². The number of hydrogen-bond donors (Lipinski definition) is 0. The Morgan fingerprint density at radius 3 is 1.50 bits per heavy atom. The number of hydrogen-bond acceptors (Lipinski definition) is 3. The van der Waals surface area contributed by atoms with Gasteiger partial charge in [-0.2, -0.15) is 0 Å². The Morgan fingerprint density at radius 1 is 0.286 bits per heavy atom. The number of rotatable bonds is 4. The normalized spacial score (nSPS) is 11.9. The van der Waals surface area contributed by atoms with Crippen molar-refractivity contribution in [3.05, 3.63) is 188 Å². The molecule has 0 radical (unpaired) electrons. The number of para-hydroxylation sites is 2. The summed E-state index contributed by atoms with van der Waals surface area (Å²) in [5, 5.41) is 12.2. The first-order valence-corrected chi connectivity index (χ1v) is 19.1. The van der Waals surface area contributed by atoms with Gasteiger partial charge in [-0.15, -0.1) is 0 Å². The van der Waals surface area contributed by atoms with Crippen LogP contribution in [0.1, 0.15) is 0 Å². The molecule has 0 bridgehead atoms. The highest BCUT2D eigenvalue weighted by Gasteiger charge is 2.15. The molecule has 56 heavy (non-hydrogen) atoms. The van der Waals surface area contributed by atoms with Crippen LogP contribution in [-0.4, -0.2) is 15.0 Å². The first kappa shape index (κ1) is 30.9. The van der Waals surface area contributed by atoms with E-state index in [2.05, 4.69) is 188 Å². The van der Waals surface area contributed by atoms with Crippen LogP contribution in [0.4, 0.5) is 0 Å². The summed E-state index contributed by atoms with van der Waals surface area (Å²) >= 11 is 0. The first-order valence-electron chi connectivity index (χ1n) is 19.1. The molecule has 0 saturated carbocycles. The Hall–Kier alpha value is -7.49. The maximum absolute atomic E-state index is 5.32. The molecule has 12 aromatic rings. The van der Waals surface area contributed by atoms with E-state index in [1.54, 1.807) is 0 Å². The average molecular weight is 710 g/mol. The van der Waals surface area contributed by atoms with Crippen LogP contribution in [-0.2, 0) is 0 Å². The van der Waals surface area contributed by atoms with Crippen LogP contribution in [0.5, 0.6) is 0 Å². The first-order chi connectivity index (χ1) is 27.7. The van der Waals surface area contributed by atoms with E-state index in [0.717, 1.165) is 71.7 Å². The molecule has 0 aliphatic carbocycles. The van der Waals surface area contributed by atoms with Crippen molar-refractivity contribution in [1.82, 2.24) is 15.0 Å². The number of nitrogens with zero attached hydrogens (tertiary/aromatic N) is 3. The lowest BCUT2D eigenvalue weighted by atomic mass is 9.89. The van der Waals surface area contributed by atoms with Crippen molar-refractivity contribution in [3.63, 3.8) is 0 Å². The molecule has 0 spiro atoms. The third-order valence-corrected chi connectivity index (χ3v) is 11.6. The summed E-state index contributed by atoms with van der Waals surface area (Å²) in [7, 11) is 0. The number of benzene rings is 9. The van der Waals surface area contributed by atoms with E-state index in [-0.39, 0.29) is 0 Å². The fraction of sp³-hybridized carbons (Fsp3) is 0. The van der Waals surface area contributed by atoms with E-state index in [1.165, 1.54) is 49.0 Å². The Labute approximate surface area is 322 Å². The van der Waals surface area contributed by atoms with Crippen LogP contribution in [0.3, 0.4) is 0 Å². The summed E-state index contributed by atoms with van der Waals surface area (Å²) in [4.78, 5) is 15.5. The molecule has 0 unspecified atom stereocenters. The quantitative estimate of drug-likeness (QED) is 0.135. The third-order valence-electron chi connectivity index (χ3n) is 11.6. The van der Waals surface area contributed by atoms with Gasteiger partial charge in [-0.1, -0.05) is 158 Å². The van der Waals surface area contributed by atoms with Gasteiger partial charge in [0.1, 0.15) is 0 Å². The second-order valence-electron chi connectivity index (χ2n) is 14.8. The molecule has 0 fully saturated rings. The van der Waals surface area contributed by atoms with E-state index in [0.29, 0.717) is 0 Å². The molecule has 258 valence electrons. The fourth-order valence-electron chi connectivity index (χ4n) is 8.88. The number of fused-ring (bicyclic) bond motifs is 5. The van der Waals surface area contributed by atoms with E-state index < -0.39 is 0 Å². The molecule has 9 aromatic carbocycles. The Morgan fingerprint density at radius 2 is 0.804 bits per heavy atom. The topological polar surface area (TPSA) is 38.7 Å². The van der Waals surface area contributed by atoms with Gasteiger partial charge in [-0.3, -0.25) is 0 Å². The molecule has 3 nitrogen and oxygen atoms in total. The van der Waals surface area contributed by atoms with Crippen molar-refractivity contribution < 1.29 is 0 Å². The lowest BCUT2D eigenvalue weighted by Gasteiger charge is -2.15. The van der Waals surface area contributed by atoms with Gasteiger partial charge in [-0.05, 0) is 79.3 Å². The van der Waals surface area contributed by atoms with Crippen molar-refractivity contribution in [1.29, 1.82) is 0 Å². The zero-order chi connectivity index (χ0) is 36.7. The molecule has 0 saturated heterocycles. The van der Waals surface area contributed by atoms with E-state index in [4.69, 9.17) is 15.0 Å². The maximum Gasteiger partial charge on any atom is 0.0972 e. The highest BCUT2D eigenvalue weighted by Crippen LogP contribution is 2.41. The van der Waals surface area contributed by atoms with Gasteiger partial charge in [0.25, 0.3) is 0 Å². The molecule has 3 aromatic heterocycles. The highest BCUT2D eigenvalue weighted by molar-refractivity contribution is 6.25. The molecule has 3 heteroatoms. The largest absolute Gasteiger partial charge is 0.248 e. The lowest BCUT2D eigenvalue weighted by Crippen LogP contribution is -1.92. The van der Waals surface area contributed by atoms with Crippen LogP contribution in [0.25, 0.3) is 121 Å². The monoisotopic (exact) mass is 709 g/mol. The Balaban J connectivity index is 0.946. The summed E-state index contributed by atoms with van der Waals surface area (Å²) in [6, 6.07) is 67.4. The van der Waals surface area contributed by atoms with Crippen molar-refractivity contribution >= 4 is 75.9 Å². The SMILES string of the molecule is c1cc(-c2ccc3ccc4ccc(-c5ccc(-c6c7ccccc7nc7ccccc67)cc5)nc4c3n2)cc(-c2ccc3ccc4cccc5ccc2c3c45)c1. The van der Waals surface area contributed by atoms with Gasteiger partial charge in [0.05, 0.1) is 33.5 Å². The zero-order valence-electron chi connectivity index (χ0n) is 30.2. The fourth-order valence-corrected chi connectivity index (χ4v) is 8.88. The maximum atomic E-state index is 5.32. The van der Waals surface area contributed by atoms with Gasteiger partial charge in [0.15, 0.2) is 0 Å². The van der Waals surface area contributed by atoms with Crippen LogP contribution < -0.4 is 0 Å². The highest BCUT2D eigenvalue weighted by atomic mass is 14.8. The minimum atomic E-state index is 0.903. The average Bonchev–Trinajstić information content (AvgIpc) is 3.27. The zero-order valence-corrected chi connectivity index (χ0v) is 30.2. The predicted octanol–water partition coefficient (Wildman–Crippen LogP) is 14.0. The van der Waals surface area contributed by atoms with Crippen LogP contribution in [0.2, 0.25) is 0 Å². The van der Waals surface area contributed by atoms with Gasteiger partial charge in [0, 0.05) is 38.2 Å². The molecule has 0 atom stereocenters. The van der Waals surface area contributed by atoms with E-state index >= 15 is 0 Å². The molecule has 0 aliphatic heterocycles. The molecular weight excluding hydrogens is 679 g/mol. The second kappa shape index (κ2) is 12.0. The van der Waals surface area contributed by atoms with E-state index in [9.17, 15) is 0 Å². The minimum absolute atomic E-state index is 0.903. The summed E-state index contributed by atoms with van der Waals surface area (Å²) in [5.41, 5.74) is 12.6. The van der Waals surface area contributed by atoms with Gasteiger partial charge in [0.2, 0.25) is 0 Å². The number of aromatic nitrogens is 3. The van der Waals surface area contributed by atoms with Gasteiger partial charge < -0.3 is 0 Å². The Bertz CT molecular complexity index is 3460. The van der Waals surface area contributed by atoms with Gasteiger partial charge >= 0.3 is 0 Å². The predicted molar refractivity (Wildman–Crippen MR) is 235 cm³/mol. The van der Waals surface area contributed by atoms with Crippen LogP contribution in [0, 0.1) is 0 Å². The summed E-state index contributed by atoms with van der Waals surface area (Å²) in [6.07, 6.45) is 0. The van der Waals surface area contributed by atoms with Crippen molar-refractivity contribution in [3.8, 4) is 44.8 Å². The molecule has 3 heterocycles. The lowest BCUT2D eigenvalue weighted by molar-refractivity contribution is 1.36. The number of pyridine rings is 3.